The van der Waals surface area contributed by atoms with Gasteiger partial charge in [0.1, 0.15) is 13.2 Å². The highest BCUT2D eigenvalue weighted by Gasteiger charge is 2.31. The molecular weight excluding hydrogens is 236 g/mol. The van der Waals surface area contributed by atoms with E-state index >= 15 is 0 Å². The predicted molar refractivity (Wildman–Crippen MR) is 56.3 cm³/mol. The number of carbonyl (C=O) groups excluding carboxylic acids is 2. The Balaban J connectivity index is 2.29. The van der Waals surface area contributed by atoms with Gasteiger partial charge in [-0.05, 0) is 6.42 Å². The molecule has 0 saturated carbocycles. The van der Waals surface area contributed by atoms with Gasteiger partial charge in [0.05, 0.1) is 12.5 Å². The molecule has 0 aliphatic carbocycles. The number of hydrogen-bond acceptors (Lipinski definition) is 5. The van der Waals surface area contributed by atoms with Crippen LogP contribution in [0.4, 0.5) is 4.79 Å². The summed E-state index contributed by atoms with van der Waals surface area (Å²) in [6, 6.07) is 0. The summed E-state index contributed by atoms with van der Waals surface area (Å²) in [6.45, 7) is 2.45. The molecule has 0 spiro atoms. The molecule has 92 valence electrons. The maximum absolute atomic E-state index is 11.5. The first-order valence-electron chi connectivity index (χ1n) is 5.17. The molecule has 0 N–H and O–H groups in total. The highest BCUT2D eigenvalue weighted by molar-refractivity contribution is 6.17. The van der Waals surface area contributed by atoms with Gasteiger partial charge in [-0.2, -0.15) is 0 Å². The second kappa shape index (κ2) is 6.58. The summed E-state index contributed by atoms with van der Waals surface area (Å²) < 4.78 is 14.4. The molecule has 5 nitrogen and oxygen atoms in total. The van der Waals surface area contributed by atoms with Gasteiger partial charge in [-0.25, -0.2) is 4.79 Å². The first kappa shape index (κ1) is 13.1. The van der Waals surface area contributed by atoms with Gasteiger partial charge >= 0.3 is 12.1 Å². The monoisotopic (exact) mass is 250 g/mol. The molecule has 1 aliphatic rings. The zero-order valence-electron chi connectivity index (χ0n) is 9.11. The Bertz CT molecular complexity index is 246. The van der Waals surface area contributed by atoms with Crippen LogP contribution in [0.3, 0.4) is 0 Å². The molecule has 0 aromatic carbocycles. The average molecular weight is 251 g/mol. The summed E-state index contributed by atoms with van der Waals surface area (Å²) in [7, 11) is 0. The van der Waals surface area contributed by atoms with E-state index in [-0.39, 0.29) is 31.0 Å². The normalized spacial score (nSPS) is 18.5. The van der Waals surface area contributed by atoms with E-state index in [4.69, 9.17) is 25.8 Å². The third-order valence-electron chi connectivity index (χ3n) is 2.43. The standard InChI is InChI=1S/C10H15ClO5/c1-7(9(12)14-4-2-3-11)8-5-15-10(13)16-6-8/h7-8H,2-6H2,1H3. The molecule has 0 aromatic heterocycles. The average Bonchev–Trinajstić information content (AvgIpc) is 2.29. The zero-order chi connectivity index (χ0) is 12.0. The van der Waals surface area contributed by atoms with Gasteiger partial charge in [0.2, 0.25) is 0 Å². The van der Waals surface area contributed by atoms with Crippen LogP contribution in [0.1, 0.15) is 13.3 Å². The van der Waals surface area contributed by atoms with Gasteiger partial charge in [0.15, 0.2) is 0 Å². The molecule has 1 saturated heterocycles. The Kier molecular flexibility index (Phi) is 5.38. The van der Waals surface area contributed by atoms with E-state index in [1.807, 2.05) is 0 Å². The van der Waals surface area contributed by atoms with Crippen LogP contribution in [0.2, 0.25) is 0 Å². The maximum atomic E-state index is 11.5. The quantitative estimate of drug-likeness (QED) is 0.421. The molecule has 1 fully saturated rings. The Labute approximate surface area is 99.0 Å². The first-order valence-corrected chi connectivity index (χ1v) is 5.70. The van der Waals surface area contributed by atoms with E-state index in [1.165, 1.54) is 0 Å². The number of carbonyl (C=O) groups is 2. The molecule has 0 bridgehead atoms. The minimum absolute atomic E-state index is 0.138. The van der Waals surface area contributed by atoms with E-state index < -0.39 is 6.16 Å². The molecule has 1 rings (SSSR count). The first-order chi connectivity index (χ1) is 7.65. The minimum atomic E-state index is -0.682. The molecule has 0 aromatic rings. The highest BCUT2D eigenvalue weighted by Crippen LogP contribution is 2.18. The second-order valence-corrected chi connectivity index (χ2v) is 4.01. The Morgan fingerprint density at radius 2 is 2.19 bits per heavy atom. The fourth-order valence-corrected chi connectivity index (χ4v) is 1.39. The number of alkyl halides is 1. The van der Waals surface area contributed by atoms with Crippen molar-refractivity contribution in [3.05, 3.63) is 0 Å². The number of ether oxygens (including phenoxy) is 3. The van der Waals surface area contributed by atoms with Crippen LogP contribution >= 0.6 is 11.6 Å². The molecule has 0 radical (unpaired) electrons. The lowest BCUT2D eigenvalue weighted by molar-refractivity contribution is -0.152. The molecule has 1 aliphatic heterocycles. The highest BCUT2D eigenvalue weighted by atomic mass is 35.5. The smallest absolute Gasteiger partial charge is 0.465 e. The largest absolute Gasteiger partial charge is 0.508 e. The molecule has 1 atom stereocenters. The van der Waals surface area contributed by atoms with Crippen LogP contribution in [0.25, 0.3) is 0 Å². The van der Waals surface area contributed by atoms with E-state index in [0.29, 0.717) is 18.9 Å². The Morgan fingerprint density at radius 1 is 1.56 bits per heavy atom. The number of rotatable bonds is 5. The van der Waals surface area contributed by atoms with Crippen molar-refractivity contribution in [1.29, 1.82) is 0 Å². The van der Waals surface area contributed by atoms with Crippen molar-refractivity contribution in [2.24, 2.45) is 11.8 Å². The van der Waals surface area contributed by atoms with Crippen molar-refractivity contribution >= 4 is 23.7 Å². The fraction of sp³-hybridized carbons (Fsp3) is 0.800. The number of esters is 1. The van der Waals surface area contributed by atoms with Crippen molar-refractivity contribution in [3.8, 4) is 0 Å². The lowest BCUT2D eigenvalue weighted by atomic mass is 9.95. The summed E-state index contributed by atoms with van der Waals surface area (Å²) in [6.07, 6.45) is -0.0464. The summed E-state index contributed by atoms with van der Waals surface area (Å²) in [5.41, 5.74) is 0. The Hall–Kier alpha value is -0.970. The van der Waals surface area contributed by atoms with E-state index in [0.717, 1.165) is 0 Å². The van der Waals surface area contributed by atoms with Gasteiger partial charge in [-0.15, -0.1) is 11.6 Å². The minimum Gasteiger partial charge on any atom is -0.465 e. The summed E-state index contributed by atoms with van der Waals surface area (Å²) in [5.74, 6) is -0.326. The molecule has 1 unspecified atom stereocenters. The third kappa shape index (κ3) is 3.89. The molecular formula is C10H15ClO5. The van der Waals surface area contributed by atoms with Gasteiger partial charge in [0.25, 0.3) is 0 Å². The summed E-state index contributed by atoms with van der Waals surface area (Å²) >= 11 is 5.46. The third-order valence-corrected chi connectivity index (χ3v) is 2.70. The van der Waals surface area contributed by atoms with Gasteiger partial charge < -0.3 is 14.2 Å². The molecule has 1 heterocycles. The summed E-state index contributed by atoms with van der Waals surface area (Å²) in [5, 5.41) is 0. The zero-order valence-corrected chi connectivity index (χ0v) is 9.87. The topological polar surface area (TPSA) is 61.8 Å². The fourth-order valence-electron chi connectivity index (χ4n) is 1.28. The number of halogens is 1. The summed E-state index contributed by atoms with van der Waals surface area (Å²) in [4.78, 5) is 22.2. The SMILES string of the molecule is CC(C(=O)OCCCCl)C1COC(=O)OC1. The van der Waals surface area contributed by atoms with Crippen molar-refractivity contribution in [2.75, 3.05) is 25.7 Å². The van der Waals surface area contributed by atoms with E-state index in [2.05, 4.69) is 0 Å². The van der Waals surface area contributed by atoms with Crippen molar-refractivity contribution in [3.63, 3.8) is 0 Å². The lowest BCUT2D eigenvalue weighted by Gasteiger charge is -2.25. The van der Waals surface area contributed by atoms with E-state index in [1.54, 1.807) is 6.92 Å². The van der Waals surface area contributed by atoms with Crippen molar-refractivity contribution < 1.29 is 23.8 Å². The molecule has 16 heavy (non-hydrogen) atoms. The van der Waals surface area contributed by atoms with Crippen LogP contribution in [0.5, 0.6) is 0 Å². The van der Waals surface area contributed by atoms with Crippen LogP contribution in [-0.4, -0.2) is 37.8 Å². The van der Waals surface area contributed by atoms with Crippen LogP contribution in [0.15, 0.2) is 0 Å². The Morgan fingerprint density at radius 3 is 2.75 bits per heavy atom. The second-order valence-electron chi connectivity index (χ2n) is 3.63. The van der Waals surface area contributed by atoms with Crippen LogP contribution in [-0.2, 0) is 19.0 Å². The maximum Gasteiger partial charge on any atom is 0.508 e. The number of cyclic esters (lactones) is 2. The molecule has 6 heteroatoms. The number of hydrogen-bond donors (Lipinski definition) is 0. The van der Waals surface area contributed by atoms with Gasteiger partial charge in [0, 0.05) is 11.8 Å². The lowest BCUT2D eigenvalue weighted by Crippen LogP contribution is -2.35. The van der Waals surface area contributed by atoms with Crippen molar-refractivity contribution in [2.45, 2.75) is 13.3 Å². The van der Waals surface area contributed by atoms with Crippen LogP contribution < -0.4 is 0 Å². The van der Waals surface area contributed by atoms with E-state index in [9.17, 15) is 9.59 Å². The van der Waals surface area contributed by atoms with Crippen LogP contribution in [0, 0.1) is 11.8 Å². The van der Waals surface area contributed by atoms with Gasteiger partial charge in [-0.1, -0.05) is 6.92 Å². The predicted octanol–water partition coefficient (Wildman–Crippen LogP) is 1.58. The van der Waals surface area contributed by atoms with Crippen molar-refractivity contribution in [1.82, 2.24) is 0 Å². The molecule has 0 amide bonds. The van der Waals surface area contributed by atoms with Gasteiger partial charge in [-0.3, -0.25) is 4.79 Å².